The molecule has 7 heteroatoms. The second kappa shape index (κ2) is 6.28. The SMILES string of the molecule is Cc1c(-c2csc(-c3ccc4c(c3)OCCO4)n2)ccc2c1NC(=O)CO2. The second-order valence-electron chi connectivity index (χ2n) is 6.34. The lowest BCUT2D eigenvalue weighted by atomic mass is 10.0. The van der Waals surface area contributed by atoms with E-state index in [1.54, 1.807) is 11.3 Å². The van der Waals surface area contributed by atoms with E-state index in [1.807, 2.05) is 42.6 Å². The maximum Gasteiger partial charge on any atom is 0.262 e. The zero-order valence-electron chi connectivity index (χ0n) is 14.6. The number of ether oxygens (including phenoxy) is 3. The van der Waals surface area contributed by atoms with Crippen molar-refractivity contribution in [3.8, 4) is 39.1 Å². The fourth-order valence-corrected chi connectivity index (χ4v) is 4.08. The molecule has 3 heterocycles. The molecule has 0 fully saturated rings. The highest BCUT2D eigenvalue weighted by Gasteiger charge is 2.21. The third kappa shape index (κ3) is 2.80. The van der Waals surface area contributed by atoms with Gasteiger partial charge >= 0.3 is 0 Å². The van der Waals surface area contributed by atoms with Crippen LogP contribution < -0.4 is 19.5 Å². The van der Waals surface area contributed by atoms with Crippen LogP contribution in [0.1, 0.15) is 5.56 Å². The molecular formula is C20H16N2O4S. The number of nitrogens with zero attached hydrogens (tertiary/aromatic N) is 1. The minimum absolute atomic E-state index is 0.0523. The molecule has 0 saturated heterocycles. The number of benzene rings is 2. The average molecular weight is 380 g/mol. The summed E-state index contributed by atoms with van der Waals surface area (Å²) in [5, 5.41) is 5.81. The van der Waals surface area contributed by atoms with Gasteiger partial charge in [-0.2, -0.15) is 0 Å². The van der Waals surface area contributed by atoms with Crippen molar-refractivity contribution in [3.63, 3.8) is 0 Å². The molecule has 0 aliphatic carbocycles. The number of amides is 1. The summed E-state index contributed by atoms with van der Waals surface area (Å²) in [6, 6.07) is 9.73. The van der Waals surface area contributed by atoms with E-state index in [-0.39, 0.29) is 12.5 Å². The lowest BCUT2D eigenvalue weighted by molar-refractivity contribution is -0.118. The third-order valence-corrected chi connectivity index (χ3v) is 5.51. The van der Waals surface area contributed by atoms with E-state index in [2.05, 4.69) is 5.32 Å². The Bertz CT molecular complexity index is 1060. The predicted octanol–water partition coefficient (Wildman–Crippen LogP) is 3.89. The normalized spacial score (nSPS) is 14.9. The Morgan fingerprint density at radius 1 is 1.04 bits per heavy atom. The number of fused-ring (bicyclic) bond motifs is 2. The zero-order valence-corrected chi connectivity index (χ0v) is 15.4. The molecule has 2 aliphatic rings. The molecule has 0 saturated carbocycles. The first-order valence-electron chi connectivity index (χ1n) is 8.61. The topological polar surface area (TPSA) is 69.7 Å². The Hall–Kier alpha value is -3.06. The van der Waals surface area contributed by atoms with E-state index < -0.39 is 0 Å². The summed E-state index contributed by atoms with van der Waals surface area (Å²) in [5.41, 5.74) is 4.49. The molecule has 3 aromatic rings. The Balaban J connectivity index is 1.51. The van der Waals surface area contributed by atoms with E-state index in [0.29, 0.717) is 19.0 Å². The average Bonchev–Trinajstić information content (AvgIpc) is 3.18. The van der Waals surface area contributed by atoms with Gasteiger partial charge in [0.15, 0.2) is 18.1 Å². The molecule has 27 heavy (non-hydrogen) atoms. The van der Waals surface area contributed by atoms with Crippen LogP contribution in [-0.4, -0.2) is 30.7 Å². The van der Waals surface area contributed by atoms with Crippen LogP contribution in [-0.2, 0) is 4.79 Å². The van der Waals surface area contributed by atoms with Crippen molar-refractivity contribution in [2.24, 2.45) is 0 Å². The molecule has 1 N–H and O–H groups in total. The van der Waals surface area contributed by atoms with Crippen LogP contribution in [0.4, 0.5) is 5.69 Å². The number of anilines is 1. The highest BCUT2D eigenvalue weighted by molar-refractivity contribution is 7.13. The van der Waals surface area contributed by atoms with Crippen molar-refractivity contribution in [3.05, 3.63) is 41.3 Å². The van der Waals surface area contributed by atoms with Crippen LogP contribution in [0.3, 0.4) is 0 Å². The van der Waals surface area contributed by atoms with E-state index >= 15 is 0 Å². The van der Waals surface area contributed by atoms with Crippen LogP contribution >= 0.6 is 11.3 Å². The van der Waals surface area contributed by atoms with E-state index in [4.69, 9.17) is 19.2 Å². The van der Waals surface area contributed by atoms with Gasteiger partial charge < -0.3 is 19.5 Å². The zero-order chi connectivity index (χ0) is 18.4. The Kier molecular flexibility index (Phi) is 3.75. The molecule has 5 rings (SSSR count). The minimum Gasteiger partial charge on any atom is -0.486 e. The monoisotopic (exact) mass is 380 g/mol. The summed E-state index contributed by atoms with van der Waals surface area (Å²) in [5.74, 6) is 2.07. The van der Waals surface area contributed by atoms with Crippen molar-refractivity contribution in [1.29, 1.82) is 0 Å². The van der Waals surface area contributed by atoms with Crippen LogP contribution in [0.5, 0.6) is 17.2 Å². The number of thiazole rings is 1. The second-order valence-corrected chi connectivity index (χ2v) is 7.20. The van der Waals surface area contributed by atoms with Crippen LogP contribution in [0.15, 0.2) is 35.7 Å². The van der Waals surface area contributed by atoms with Gasteiger partial charge in [-0.3, -0.25) is 4.79 Å². The lowest BCUT2D eigenvalue weighted by Crippen LogP contribution is -2.26. The van der Waals surface area contributed by atoms with Gasteiger partial charge in [0.25, 0.3) is 5.91 Å². The highest BCUT2D eigenvalue weighted by Crippen LogP contribution is 2.40. The molecule has 1 amide bonds. The van der Waals surface area contributed by atoms with Crippen molar-refractivity contribution >= 4 is 22.9 Å². The molecule has 1 aromatic heterocycles. The molecule has 136 valence electrons. The molecule has 0 bridgehead atoms. The number of carbonyl (C=O) groups excluding carboxylic acids is 1. The first-order valence-corrected chi connectivity index (χ1v) is 9.49. The number of nitrogens with one attached hydrogen (secondary N) is 1. The summed E-state index contributed by atoms with van der Waals surface area (Å²) < 4.78 is 16.7. The summed E-state index contributed by atoms with van der Waals surface area (Å²) in [4.78, 5) is 16.5. The van der Waals surface area contributed by atoms with Crippen molar-refractivity contribution in [2.45, 2.75) is 6.92 Å². The summed E-state index contributed by atoms with van der Waals surface area (Å²) in [6.07, 6.45) is 0. The quantitative estimate of drug-likeness (QED) is 0.730. The van der Waals surface area contributed by atoms with E-state index in [0.717, 1.165) is 44.6 Å². The van der Waals surface area contributed by atoms with Gasteiger partial charge in [0.1, 0.15) is 24.0 Å². The number of hydrogen-bond donors (Lipinski definition) is 1. The fraction of sp³-hybridized carbons (Fsp3) is 0.200. The van der Waals surface area contributed by atoms with Crippen molar-refractivity contribution in [2.75, 3.05) is 25.1 Å². The molecule has 0 unspecified atom stereocenters. The van der Waals surface area contributed by atoms with Gasteiger partial charge in [0.2, 0.25) is 0 Å². The molecule has 6 nitrogen and oxygen atoms in total. The van der Waals surface area contributed by atoms with Crippen molar-refractivity contribution < 1.29 is 19.0 Å². The third-order valence-electron chi connectivity index (χ3n) is 4.62. The number of carbonyl (C=O) groups is 1. The Morgan fingerprint density at radius 3 is 2.74 bits per heavy atom. The summed E-state index contributed by atoms with van der Waals surface area (Å²) >= 11 is 1.57. The van der Waals surface area contributed by atoms with Crippen LogP contribution in [0, 0.1) is 6.92 Å². The number of hydrogen-bond acceptors (Lipinski definition) is 6. The first-order chi connectivity index (χ1) is 13.2. The summed E-state index contributed by atoms with van der Waals surface area (Å²) in [6.45, 7) is 3.15. The van der Waals surface area contributed by atoms with Gasteiger partial charge in [0.05, 0.1) is 11.4 Å². The maximum absolute atomic E-state index is 11.7. The minimum atomic E-state index is -0.141. The fourth-order valence-electron chi connectivity index (χ4n) is 3.27. The van der Waals surface area contributed by atoms with Crippen LogP contribution in [0.2, 0.25) is 0 Å². The largest absolute Gasteiger partial charge is 0.486 e. The van der Waals surface area contributed by atoms with Gasteiger partial charge in [0, 0.05) is 16.5 Å². The molecule has 0 radical (unpaired) electrons. The van der Waals surface area contributed by atoms with Gasteiger partial charge in [-0.05, 0) is 42.8 Å². The maximum atomic E-state index is 11.7. The lowest BCUT2D eigenvalue weighted by Gasteiger charge is -2.21. The number of aromatic nitrogens is 1. The van der Waals surface area contributed by atoms with Gasteiger partial charge in [-0.25, -0.2) is 4.98 Å². The molecule has 0 spiro atoms. The van der Waals surface area contributed by atoms with Gasteiger partial charge in [-0.1, -0.05) is 0 Å². The smallest absolute Gasteiger partial charge is 0.262 e. The van der Waals surface area contributed by atoms with E-state index in [1.165, 1.54) is 0 Å². The summed E-state index contributed by atoms with van der Waals surface area (Å²) in [7, 11) is 0. The predicted molar refractivity (Wildman–Crippen MR) is 103 cm³/mol. The van der Waals surface area contributed by atoms with Gasteiger partial charge in [-0.15, -0.1) is 11.3 Å². The standard InChI is InChI=1S/C20H16N2O4S/c1-11-13(3-5-16-19(11)22-18(23)9-26-16)14-10-27-20(21-14)12-2-4-15-17(8-12)25-7-6-24-15/h2-5,8,10H,6-7,9H2,1H3,(H,22,23). The van der Waals surface area contributed by atoms with Crippen molar-refractivity contribution in [1.82, 2.24) is 4.98 Å². The van der Waals surface area contributed by atoms with E-state index in [9.17, 15) is 4.79 Å². The highest BCUT2D eigenvalue weighted by atomic mass is 32.1. The Morgan fingerprint density at radius 2 is 1.85 bits per heavy atom. The molecule has 2 aliphatic heterocycles. The molecule has 2 aromatic carbocycles. The molecule has 0 atom stereocenters. The first kappa shape index (κ1) is 16.1. The molecular weight excluding hydrogens is 364 g/mol. The Labute approximate surface area is 159 Å². The van der Waals surface area contributed by atoms with Crippen LogP contribution in [0.25, 0.3) is 21.8 Å². The number of rotatable bonds is 2.